The number of nitrogens with zero attached hydrogens (tertiary/aromatic N) is 2. The van der Waals surface area contributed by atoms with Crippen molar-refractivity contribution in [2.24, 2.45) is 11.7 Å². The molecule has 0 unspecified atom stereocenters. The predicted molar refractivity (Wildman–Crippen MR) is 88.3 cm³/mol. The molecule has 1 aliphatic rings. The zero-order valence-electron chi connectivity index (χ0n) is 14.0. The first-order valence-electron chi connectivity index (χ1n) is 7.91. The third-order valence-electron chi connectivity index (χ3n) is 4.22. The summed E-state index contributed by atoms with van der Waals surface area (Å²) in [4.78, 5) is 28.2. The second-order valence-corrected chi connectivity index (χ2v) is 6.12. The molecule has 2 N–H and O–H groups in total. The second kappa shape index (κ2) is 7.46. The Balaban J connectivity index is 1.93. The molecule has 2 rings (SSSR count). The van der Waals surface area contributed by atoms with Gasteiger partial charge in [0, 0.05) is 31.7 Å². The van der Waals surface area contributed by atoms with Gasteiger partial charge in [-0.25, -0.2) is 0 Å². The molecule has 6 nitrogen and oxygen atoms in total. The first kappa shape index (κ1) is 17.3. The number of amides is 2. The molecular weight excluding hydrogens is 294 g/mol. The first-order valence-corrected chi connectivity index (χ1v) is 7.91. The Kier molecular flexibility index (Phi) is 5.60. The number of hydrogen-bond donors (Lipinski definition) is 1. The van der Waals surface area contributed by atoms with Crippen LogP contribution in [0.25, 0.3) is 0 Å². The Bertz CT molecular complexity index is 549. The van der Waals surface area contributed by atoms with Crippen LogP contribution in [0, 0.1) is 5.92 Å². The minimum absolute atomic E-state index is 0.0205. The van der Waals surface area contributed by atoms with Crippen LogP contribution in [-0.2, 0) is 4.79 Å². The lowest BCUT2D eigenvalue weighted by Gasteiger charge is -2.36. The molecule has 0 saturated carbocycles. The predicted octanol–water partition coefficient (Wildman–Crippen LogP) is 0.963. The molecule has 6 heteroatoms. The number of methoxy groups -OCH3 is 1. The Morgan fingerprint density at radius 3 is 2.04 bits per heavy atom. The maximum Gasteiger partial charge on any atom is 0.253 e. The summed E-state index contributed by atoms with van der Waals surface area (Å²) in [5, 5.41) is 0. The van der Waals surface area contributed by atoms with Crippen molar-refractivity contribution in [1.82, 2.24) is 9.80 Å². The molecule has 0 aliphatic carbocycles. The number of carbonyl (C=O) groups is 2. The van der Waals surface area contributed by atoms with Crippen molar-refractivity contribution in [2.75, 3.05) is 33.3 Å². The molecule has 0 radical (unpaired) electrons. The Labute approximate surface area is 137 Å². The SMILES string of the molecule is COc1ccc(C(=O)N2CCN(C(=O)[C@@H](N)C(C)C)CC2)cc1. The summed E-state index contributed by atoms with van der Waals surface area (Å²) in [5.74, 6) is 0.783. The lowest BCUT2D eigenvalue weighted by molar-refractivity contribution is -0.135. The van der Waals surface area contributed by atoms with E-state index in [0.29, 0.717) is 31.7 Å². The molecule has 0 bridgehead atoms. The van der Waals surface area contributed by atoms with Crippen molar-refractivity contribution in [2.45, 2.75) is 19.9 Å². The third kappa shape index (κ3) is 4.01. The minimum atomic E-state index is -0.473. The summed E-state index contributed by atoms with van der Waals surface area (Å²) in [6, 6.07) is 6.59. The molecule has 1 aliphatic heterocycles. The van der Waals surface area contributed by atoms with Crippen LogP contribution in [0.5, 0.6) is 5.75 Å². The van der Waals surface area contributed by atoms with Crippen LogP contribution >= 0.6 is 0 Å². The van der Waals surface area contributed by atoms with E-state index in [1.165, 1.54) is 0 Å². The average Bonchev–Trinajstić information content (AvgIpc) is 2.60. The molecule has 1 saturated heterocycles. The van der Waals surface area contributed by atoms with Crippen LogP contribution in [0.4, 0.5) is 0 Å². The van der Waals surface area contributed by atoms with Gasteiger partial charge in [-0.15, -0.1) is 0 Å². The molecule has 23 heavy (non-hydrogen) atoms. The fourth-order valence-corrected chi connectivity index (χ4v) is 2.54. The molecule has 0 spiro atoms. The highest BCUT2D eigenvalue weighted by molar-refractivity contribution is 5.94. The van der Waals surface area contributed by atoms with Crippen LogP contribution in [0.1, 0.15) is 24.2 Å². The van der Waals surface area contributed by atoms with Gasteiger partial charge < -0.3 is 20.3 Å². The van der Waals surface area contributed by atoms with Crippen molar-refractivity contribution in [3.63, 3.8) is 0 Å². The van der Waals surface area contributed by atoms with Crippen molar-refractivity contribution in [3.05, 3.63) is 29.8 Å². The van der Waals surface area contributed by atoms with Crippen molar-refractivity contribution >= 4 is 11.8 Å². The van der Waals surface area contributed by atoms with Gasteiger partial charge in [0.15, 0.2) is 0 Å². The van der Waals surface area contributed by atoms with Gasteiger partial charge in [-0.05, 0) is 30.2 Å². The van der Waals surface area contributed by atoms with E-state index in [1.54, 1.807) is 41.2 Å². The van der Waals surface area contributed by atoms with Gasteiger partial charge in [-0.1, -0.05) is 13.8 Å². The Morgan fingerprint density at radius 2 is 1.57 bits per heavy atom. The van der Waals surface area contributed by atoms with E-state index in [4.69, 9.17) is 10.5 Å². The summed E-state index contributed by atoms with van der Waals surface area (Å²) in [5.41, 5.74) is 6.55. The number of piperazine rings is 1. The van der Waals surface area contributed by atoms with Gasteiger partial charge in [-0.2, -0.15) is 0 Å². The van der Waals surface area contributed by atoms with Gasteiger partial charge in [0.05, 0.1) is 13.2 Å². The topological polar surface area (TPSA) is 75.9 Å². The van der Waals surface area contributed by atoms with E-state index in [9.17, 15) is 9.59 Å². The van der Waals surface area contributed by atoms with Gasteiger partial charge in [0.25, 0.3) is 5.91 Å². The van der Waals surface area contributed by atoms with E-state index in [-0.39, 0.29) is 17.7 Å². The number of rotatable bonds is 4. The minimum Gasteiger partial charge on any atom is -0.497 e. The molecule has 1 atom stereocenters. The molecule has 1 aromatic carbocycles. The number of ether oxygens (including phenoxy) is 1. The number of benzene rings is 1. The van der Waals surface area contributed by atoms with Gasteiger partial charge in [0.1, 0.15) is 5.75 Å². The number of carbonyl (C=O) groups excluding carboxylic acids is 2. The van der Waals surface area contributed by atoms with E-state index in [0.717, 1.165) is 5.75 Å². The standard InChI is InChI=1S/C17H25N3O3/c1-12(2)15(18)17(22)20-10-8-19(9-11-20)16(21)13-4-6-14(23-3)7-5-13/h4-7,12,15H,8-11,18H2,1-3H3/t15-/m0/s1. The van der Waals surface area contributed by atoms with E-state index in [1.807, 2.05) is 13.8 Å². The van der Waals surface area contributed by atoms with E-state index in [2.05, 4.69) is 0 Å². The van der Waals surface area contributed by atoms with Crippen LogP contribution in [0.15, 0.2) is 24.3 Å². The van der Waals surface area contributed by atoms with Crippen molar-refractivity contribution < 1.29 is 14.3 Å². The Hall–Kier alpha value is -2.08. The zero-order chi connectivity index (χ0) is 17.0. The van der Waals surface area contributed by atoms with Gasteiger partial charge in [0.2, 0.25) is 5.91 Å². The van der Waals surface area contributed by atoms with Crippen LogP contribution in [0.2, 0.25) is 0 Å². The number of hydrogen-bond acceptors (Lipinski definition) is 4. The average molecular weight is 319 g/mol. The number of nitrogens with two attached hydrogens (primary N) is 1. The molecular formula is C17H25N3O3. The van der Waals surface area contributed by atoms with Gasteiger partial charge >= 0.3 is 0 Å². The smallest absolute Gasteiger partial charge is 0.253 e. The fourth-order valence-electron chi connectivity index (χ4n) is 2.54. The first-order chi connectivity index (χ1) is 10.9. The fraction of sp³-hybridized carbons (Fsp3) is 0.529. The summed E-state index contributed by atoms with van der Waals surface area (Å²) >= 11 is 0. The van der Waals surface area contributed by atoms with Crippen LogP contribution in [-0.4, -0.2) is 60.9 Å². The normalized spacial score (nSPS) is 16.4. The maximum atomic E-state index is 12.5. The van der Waals surface area contributed by atoms with Crippen molar-refractivity contribution in [1.29, 1.82) is 0 Å². The van der Waals surface area contributed by atoms with Crippen LogP contribution in [0.3, 0.4) is 0 Å². The molecule has 1 fully saturated rings. The molecule has 1 heterocycles. The van der Waals surface area contributed by atoms with Crippen molar-refractivity contribution in [3.8, 4) is 5.75 Å². The van der Waals surface area contributed by atoms with Gasteiger partial charge in [-0.3, -0.25) is 9.59 Å². The maximum absolute atomic E-state index is 12.5. The quantitative estimate of drug-likeness (QED) is 0.897. The highest BCUT2D eigenvalue weighted by atomic mass is 16.5. The Morgan fingerprint density at radius 1 is 1.04 bits per heavy atom. The molecule has 126 valence electrons. The lowest BCUT2D eigenvalue weighted by atomic mass is 10.0. The summed E-state index contributed by atoms with van der Waals surface area (Å²) in [7, 11) is 1.59. The highest BCUT2D eigenvalue weighted by Crippen LogP contribution is 2.15. The highest BCUT2D eigenvalue weighted by Gasteiger charge is 2.28. The molecule has 0 aromatic heterocycles. The molecule has 1 aromatic rings. The third-order valence-corrected chi connectivity index (χ3v) is 4.22. The summed E-state index contributed by atoms with van der Waals surface area (Å²) in [6.07, 6.45) is 0. The summed E-state index contributed by atoms with van der Waals surface area (Å²) < 4.78 is 5.10. The summed E-state index contributed by atoms with van der Waals surface area (Å²) in [6.45, 7) is 5.99. The zero-order valence-corrected chi connectivity index (χ0v) is 14.0. The van der Waals surface area contributed by atoms with E-state index >= 15 is 0 Å². The largest absolute Gasteiger partial charge is 0.497 e. The second-order valence-electron chi connectivity index (χ2n) is 6.12. The monoisotopic (exact) mass is 319 g/mol. The van der Waals surface area contributed by atoms with E-state index < -0.39 is 6.04 Å². The lowest BCUT2D eigenvalue weighted by Crippen LogP contribution is -2.55. The molecule has 2 amide bonds. The van der Waals surface area contributed by atoms with Crippen LogP contribution < -0.4 is 10.5 Å².